The quantitative estimate of drug-likeness (QED) is 0.737. The number of benzene rings is 1. The zero-order chi connectivity index (χ0) is 19.2. The van der Waals surface area contributed by atoms with Crippen LogP contribution in [-0.4, -0.2) is 7.05 Å². The number of hydrogen-bond acceptors (Lipinski definition) is 4. The summed E-state index contributed by atoms with van der Waals surface area (Å²) in [6.07, 6.45) is 9.99. The summed E-state index contributed by atoms with van der Waals surface area (Å²) in [5.74, 6) is 0. The van der Waals surface area contributed by atoms with Gasteiger partial charge in [0, 0.05) is 34.6 Å². The van der Waals surface area contributed by atoms with E-state index in [1.807, 2.05) is 12.1 Å². The number of rotatable bonds is 5. The lowest BCUT2D eigenvalue weighted by Gasteiger charge is -2.23. The van der Waals surface area contributed by atoms with E-state index in [9.17, 15) is 10.5 Å². The normalized spacial score (nSPS) is 14.4. The minimum absolute atomic E-state index is 0.201. The van der Waals surface area contributed by atoms with Crippen LogP contribution in [0, 0.1) is 22.7 Å². The summed E-state index contributed by atoms with van der Waals surface area (Å²) in [5.41, 5.74) is 4.99. The Hall–Kier alpha value is -2.82. The lowest BCUT2D eigenvalue weighted by Crippen LogP contribution is -2.17. The van der Waals surface area contributed by atoms with Crippen molar-refractivity contribution in [1.82, 2.24) is 0 Å². The van der Waals surface area contributed by atoms with Gasteiger partial charge in [-0.25, -0.2) is 0 Å². The Labute approximate surface area is 164 Å². The molecule has 1 aliphatic heterocycles. The van der Waals surface area contributed by atoms with Crippen LogP contribution in [0.3, 0.4) is 0 Å². The van der Waals surface area contributed by atoms with Crippen molar-refractivity contribution in [3.05, 3.63) is 62.8 Å². The molecule has 0 saturated heterocycles. The van der Waals surface area contributed by atoms with Gasteiger partial charge < -0.3 is 4.90 Å². The van der Waals surface area contributed by atoms with Crippen molar-refractivity contribution in [1.29, 1.82) is 10.5 Å². The molecular weight excluding hydrogens is 350 g/mol. The second-order valence-corrected chi connectivity index (χ2v) is 7.78. The van der Waals surface area contributed by atoms with Gasteiger partial charge >= 0.3 is 0 Å². The zero-order valence-electron chi connectivity index (χ0n) is 15.8. The number of allylic oxidation sites excluding steroid dienone is 1. The first-order valence-electron chi connectivity index (χ1n) is 9.37. The van der Waals surface area contributed by atoms with E-state index in [0.29, 0.717) is 0 Å². The van der Waals surface area contributed by atoms with Gasteiger partial charge in [0.05, 0.1) is 4.53 Å². The van der Waals surface area contributed by atoms with Gasteiger partial charge in [0.2, 0.25) is 0 Å². The molecule has 0 fully saturated rings. The summed E-state index contributed by atoms with van der Waals surface area (Å²) in [6.45, 7) is 2.21. The van der Waals surface area contributed by atoms with Crippen LogP contribution in [0.25, 0.3) is 11.1 Å². The highest BCUT2D eigenvalue weighted by Crippen LogP contribution is 2.30. The average Bonchev–Trinajstić information content (AvgIpc) is 3.10. The van der Waals surface area contributed by atoms with Gasteiger partial charge in [-0.05, 0) is 36.6 Å². The summed E-state index contributed by atoms with van der Waals surface area (Å²) < 4.78 is 1.96. The molecule has 1 aromatic carbocycles. The van der Waals surface area contributed by atoms with Crippen LogP contribution in [0.15, 0.2) is 42.6 Å². The number of fused-ring (bicyclic) bond motifs is 1. The van der Waals surface area contributed by atoms with Gasteiger partial charge in [-0.3, -0.25) is 0 Å². The molecule has 2 heterocycles. The van der Waals surface area contributed by atoms with Gasteiger partial charge in [-0.2, -0.15) is 10.5 Å². The van der Waals surface area contributed by atoms with Crippen LogP contribution in [0.5, 0.6) is 0 Å². The molecule has 1 aliphatic rings. The SMILES string of the molecule is CCCCCCc1cc(=C(C#N)C#N)s/c1=C1\C=CN(C)c2ccccc21. The van der Waals surface area contributed by atoms with E-state index in [0.717, 1.165) is 17.4 Å². The summed E-state index contributed by atoms with van der Waals surface area (Å²) in [7, 11) is 2.05. The lowest BCUT2D eigenvalue weighted by molar-refractivity contribution is 0.666. The Morgan fingerprint density at radius 1 is 1.11 bits per heavy atom. The summed E-state index contributed by atoms with van der Waals surface area (Å²) in [5, 5.41) is 18.6. The minimum Gasteiger partial charge on any atom is -0.351 e. The van der Waals surface area contributed by atoms with E-state index in [-0.39, 0.29) is 5.57 Å². The molecule has 0 atom stereocenters. The number of unbranched alkanes of at least 4 members (excludes halogenated alkanes) is 3. The molecule has 0 aliphatic carbocycles. The molecule has 0 radical (unpaired) electrons. The smallest absolute Gasteiger partial charge is 0.146 e. The van der Waals surface area contributed by atoms with Gasteiger partial charge in [-0.1, -0.05) is 44.4 Å². The van der Waals surface area contributed by atoms with Crippen LogP contribution < -0.4 is 14.0 Å². The summed E-state index contributed by atoms with van der Waals surface area (Å²) in [4.78, 5) is 2.12. The predicted octanol–water partition coefficient (Wildman–Crippen LogP) is 4.23. The van der Waals surface area contributed by atoms with E-state index in [1.165, 1.54) is 46.2 Å². The Kier molecular flexibility index (Phi) is 6.12. The first-order valence-corrected chi connectivity index (χ1v) is 10.2. The van der Waals surface area contributed by atoms with Gasteiger partial charge in [0.1, 0.15) is 17.7 Å². The Balaban J connectivity index is 2.21. The molecule has 136 valence electrons. The maximum atomic E-state index is 9.30. The molecule has 2 aromatic rings. The number of nitrogens with zero attached hydrogens (tertiary/aromatic N) is 3. The van der Waals surface area contributed by atoms with Crippen molar-refractivity contribution in [3.63, 3.8) is 0 Å². The fourth-order valence-electron chi connectivity index (χ4n) is 3.41. The van der Waals surface area contributed by atoms with Crippen LogP contribution >= 0.6 is 11.3 Å². The van der Waals surface area contributed by atoms with Crippen molar-refractivity contribution in [2.75, 3.05) is 11.9 Å². The third-order valence-corrected chi connectivity index (χ3v) is 6.09. The highest BCUT2D eigenvalue weighted by atomic mass is 32.1. The summed E-state index contributed by atoms with van der Waals surface area (Å²) >= 11 is 1.56. The van der Waals surface area contributed by atoms with E-state index in [4.69, 9.17) is 0 Å². The summed E-state index contributed by atoms with van der Waals surface area (Å²) in [6, 6.07) is 14.5. The fraction of sp³-hybridized carbons (Fsp3) is 0.304. The molecule has 0 amide bonds. The topological polar surface area (TPSA) is 50.8 Å². The molecule has 0 bridgehead atoms. The van der Waals surface area contributed by atoms with Crippen LogP contribution in [0.2, 0.25) is 0 Å². The number of nitriles is 2. The molecule has 0 unspecified atom stereocenters. The van der Waals surface area contributed by atoms with Crippen molar-refractivity contribution in [2.45, 2.75) is 39.0 Å². The minimum atomic E-state index is 0.201. The molecule has 27 heavy (non-hydrogen) atoms. The second-order valence-electron chi connectivity index (χ2n) is 6.73. The van der Waals surface area contributed by atoms with Gasteiger partial charge in [0.15, 0.2) is 0 Å². The number of thiophene rings is 1. The Morgan fingerprint density at radius 3 is 2.63 bits per heavy atom. The lowest BCUT2D eigenvalue weighted by atomic mass is 9.98. The molecule has 3 rings (SSSR count). The second kappa shape index (κ2) is 8.71. The van der Waals surface area contributed by atoms with Crippen LogP contribution in [-0.2, 0) is 6.42 Å². The molecule has 4 heteroatoms. The van der Waals surface area contributed by atoms with E-state index < -0.39 is 0 Å². The average molecular weight is 374 g/mol. The monoisotopic (exact) mass is 373 g/mol. The largest absolute Gasteiger partial charge is 0.351 e. The Bertz CT molecular complexity index is 1040. The highest BCUT2D eigenvalue weighted by molar-refractivity contribution is 7.08. The third-order valence-electron chi connectivity index (χ3n) is 4.86. The Morgan fingerprint density at radius 2 is 1.89 bits per heavy atom. The van der Waals surface area contributed by atoms with Crippen molar-refractivity contribution in [3.8, 4) is 12.1 Å². The molecule has 1 aromatic heterocycles. The standard InChI is InChI=1S/C23H23N3S/c1-3-4-5-6-9-17-14-22(18(15-24)16-25)27-23(17)20-12-13-26(2)21-11-8-7-10-19(20)21/h7-8,10-14H,3-6,9H2,1-2H3/b23-20+. The van der Waals surface area contributed by atoms with E-state index in [2.05, 4.69) is 61.5 Å². The molecule has 3 nitrogen and oxygen atoms in total. The molecule has 0 N–H and O–H groups in total. The number of para-hydroxylation sites is 1. The van der Waals surface area contributed by atoms with Gasteiger partial charge in [-0.15, -0.1) is 11.3 Å². The first kappa shape index (κ1) is 19.0. The maximum Gasteiger partial charge on any atom is 0.146 e. The van der Waals surface area contributed by atoms with E-state index >= 15 is 0 Å². The number of aryl methyl sites for hydroxylation is 1. The predicted molar refractivity (Wildman–Crippen MR) is 113 cm³/mol. The number of hydrogen-bond donors (Lipinski definition) is 0. The first-order chi connectivity index (χ1) is 13.2. The van der Waals surface area contributed by atoms with Crippen molar-refractivity contribution >= 4 is 28.2 Å². The molecule has 0 saturated carbocycles. The fourth-order valence-corrected chi connectivity index (χ4v) is 4.60. The zero-order valence-corrected chi connectivity index (χ0v) is 16.6. The highest BCUT2D eigenvalue weighted by Gasteiger charge is 2.16. The van der Waals surface area contributed by atoms with E-state index in [1.54, 1.807) is 11.3 Å². The van der Waals surface area contributed by atoms with Crippen molar-refractivity contribution < 1.29 is 0 Å². The van der Waals surface area contributed by atoms with Gasteiger partial charge in [0.25, 0.3) is 0 Å². The molecule has 0 spiro atoms. The number of anilines is 1. The van der Waals surface area contributed by atoms with Crippen molar-refractivity contribution in [2.24, 2.45) is 0 Å². The third kappa shape index (κ3) is 3.97. The molecular formula is C23H23N3S. The van der Waals surface area contributed by atoms with Crippen LogP contribution in [0.4, 0.5) is 5.69 Å². The maximum absolute atomic E-state index is 9.30. The van der Waals surface area contributed by atoms with Crippen LogP contribution in [0.1, 0.15) is 43.7 Å².